The number of esters is 1. The zero-order chi connectivity index (χ0) is 15.7. The Morgan fingerprint density at radius 3 is 2.29 bits per heavy atom. The fourth-order valence-corrected chi connectivity index (χ4v) is 3.51. The molecule has 0 aliphatic rings. The molecule has 0 aromatic heterocycles. The van der Waals surface area contributed by atoms with Crippen molar-refractivity contribution in [2.24, 2.45) is 0 Å². The van der Waals surface area contributed by atoms with Gasteiger partial charge in [0, 0.05) is 0 Å². The lowest BCUT2D eigenvalue weighted by Gasteiger charge is -2.20. The van der Waals surface area contributed by atoms with Gasteiger partial charge in [-0.2, -0.15) is 0 Å². The Balaban J connectivity index is 2.96. The van der Waals surface area contributed by atoms with Crippen molar-refractivity contribution in [3.63, 3.8) is 0 Å². The lowest BCUT2D eigenvalue weighted by Crippen LogP contribution is -2.21. The monoisotopic (exact) mass is 315 g/mol. The van der Waals surface area contributed by atoms with E-state index < -0.39 is 7.60 Å². The fourth-order valence-electron chi connectivity index (χ4n) is 1.76. The third kappa shape index (κ3) is 5.16. The van der Waals surface area contributed by atoms with Crippen LogP contribution in [0.25, 0.3) is 0 Å². The second-order valence-corrected chi connectivity index (χ2v) is 6.00. The average molecular weight is 315 g/mol. The molecule has 118 valence electrons. The quantitative estimate of drug-likeness (QED) is 0.557. The van der Waals surface area contributed by atoms with Crippen molar-refractivity contribution in [1.82, 2.24) is 0 Å². The van der Waals surface area contributed by atoms with Crippen LogP contribution in [0.3, 0.4) is 0 Å². The SMILES string of the molecule is CCOC(=O)CNc1ccccc1P(=O)(OCC)OCC. The van der Waals surface area contributed by atoms with Crippen LogP contribution in [-0.2, 0) is 23.1 Å². The standard InChI is InChI=1S/C14H22NO5P/c1-4-18-14(16)11-15-12-9-7-8-10-13(12)21(17,19-5-2)20-6-3/h7-10,15H,4-6,11H2,1-3H3. The summed E-state index contributed by atoms with van der Waals surface area (Å²) in [6.07, 6.45) is 0. The molecule has 0 atom stereocenters. The topological polar surface area (TPSA) is 73.9 Å². The van der Waals surface area contributed by atoms with Gasteiger partial charge in [0.1, 0.15) is 6.54 Å². The maximum Gasteiger partial charge on any atom is 0.363 e. The third-order valence-corrected chi connectivity index (χ3v) is 4.70. The average Bonchev–Trinajstić information content (AvgIpc) is 2.46. The van der Waals surface area contributed by atoms with E-state index in [1.807, 2.05) is 0 Å². The van der Waals surface area contributed by atoms with Crippen LogP contribution in [0.1, 0.15) is 20.8 Å². The minimum Gasteiger partial charge on any atom is -0.465 e. The first-order valence-corrected chi connectivity index (χ1v) is 8.49. The van der Waals surface area contributed by atoms with Gasteiger partial charge in [0.25, 0.3) is 0 Å². The van der Waals surface area contributed by atoms with Crippen LogP contribution in [0.15, 0.2) is 24.3 Å². The van der Waals surface area contributed by atoms with Gasteiger partial charge in [-0.05, 0) is 32.9 Å². The van der Waals surface area contributed by atoms with Gasteiger partial charge in [0.2, 0.25) is 0 Å². The van der Waals surface area contributed by atoms with Gasteiger partial charge in [-0.15, -0.1) is 0 Å². The van der Waals surface area contributed by atoms with Crippen molar-refractivity contribution < 1.29 is 23.1 Å². The third-order valence-electron chi connectivity index (χ3n) is 2.53. The molecule has 0 bridgehead atoms. The Morgan fingerprint density at radius 1 is 1.10 bits per heavy atom. The smallest absolute Gasteiger partial charge is 0.363 e. The van der Waals surface area contributed by atoms with Crippen LogP contribution < -0.4 is 10.6 Å². The second kappa shape index (κ2) is 8.82. The van der Waals surface area contributed by atoms with Gasteiger partial charge < -0.3 is 19.1 Å². The lowest BCUT2D eigenvalue weighted by atomic mass is 10.3. The van der Waals surface area contributed by atoms with E-state index in [0.29, 0.717) is 17.6 Å². The normalized spacial score (nSPS) is 11.2. The van der Waals surface area contributed by atoms with E-state index in [1.54, 1.807) is 45.0 Å². The number of carbonyl (C=O) groups excluding carboxylic acids is 1. The molecule has 0 spiro atoms. The van der Waals surface area contributed by atoms with E-state index in [9.17, 15) is 9.36 Å². The Bertz CT molecular complexity index is 496. The Hall–Kier alpha value is -1.36. The minimum atomic E-state index is -3.40. The van der Waals surface area contributed by atoms with E-state index in [2.05, 4.69) is 5.32 Å². The number of nitrogens with one attached hydrogen (secondary N) is 1. The van der Waals surface area contributed by atoms with Crippen molar-refractivity contribution in [1.29, 1.82) is 0 Å². The molecule has 0 heterocycles. The van der Waals surface area contributed by atoms with Gasteiger partial charge in [-0.1, -0.05) is 12.1 Å². The molecule has 7 heteroatoms. The number of carbonyl (C=O) groups is 1. The molecule has 1 rings (SSSR count). The number of benzene rings is 1. The Kier molecular flexibility index (Phi) is 7.43. The summed E-state index contributed by atoms with van der Waals surface area (Å²) in [6.45, 7) is 6.08. The predicted octanol–water partition coefficient (Wildman–Crippen LogP) is 2.55. The molecule has 0 aliphatic carbocycles. The zero-order valence-corrected chi connectivity index (χ0v) is 13.5. The van der Waals surface area contributed by atoms with Gasteiger partial charge in [-0.3, -0.25) is 9.36 Å². The molecule has 0 saturated carbocycles. The van der Waals surface area contributed by atoms with Crippen molar-refractivity contribution in [3.8, 4) is 0 Å². The molecular formula is C14H22NO5P. The summed E-state index contributed by atoms with van der Waals surface area (Å²) in [5.74, 6) is -0.380. The number of anilines is 1. The summed E-state index contributed by atoms with van der Waals surface area (Å²) >= 11 is 0. The summed E-state index contributed by atoms with van der Waals surface area (Å²) in [5, 5.41) is 3.33. The molecule has 0 radical (unpaired) electrons. The second-order valence-electron chi connectivity index (χ2n) is 4.01. The number of para-hydroxylation sites is 1. The molecule has 1 aromatic rings. The first-order valence-electron chi connectivity index (χ1n) is 6.95. The van der Waals surface area contributed by atoms with Gasteiger partial charge >= 0.3 is 13.6 Å². The summed E-state index contributed by atoms with van der Waals surface area (Å²) < 4.78 is 28.3. The van der Waals surface area contributed by atoms with Crippen molar-refractivity contribution in [2.75, 3.05) is 31.7 Å². The van der Waals surface area contributed by atoms with Gasteiger partial charge in [0.05, 0.1) is 30.8 Å². The highest BCUT2D eigenvalue weighted by Crippen LogP contribution is 2.48. The molecule has 21 heavy (non-hydrogen) atoms. The van der Waals surface area contributed by atoms with E-state index >= 15 is 0 Å². The zero-order valence-electron chi connectivity index (χ0n) is 12.6. The highest BCUT2D eigenvalue weighted by Gasteiger charge is 2.29. The number of rotatable bonds is 9. The Labute approximate surface area is 125 Å². The van der Waals surface area contributed by atoms with Crippen LogP contribution in [0.5, 0.6) is 0 Å². The Morgan fingerprint density at radius 2 is 1.71 bits per heavy atom. The van der Waals surface area contributed by atoms with Crippen LogP contribution in [-0.4, -0.2) is 32.3 Å². The largest absolute Gasteiger partial charge is 0.465 e. The van der Waals surface area contributed by atoms with E-state index in [-0.39, 0.29) is 25.7 Å². The summed E-state index contributed by atoms with van der Waals surface area (Å²) in [4.78, 5) is 11.4. The predicted molar refractivity (Wildman–Crippen MR) is 82.1 cm³/mol. The minimum absolute atomic E-state index is 0.0108. The number of hydrogen-bond acceptors (Lipinski definition) is 6. The molecule has 0 fully saturated rings. The first kappa shape index (κ1) is 17.7. The van der Waals surface area contributed by atoms with Crippen LogP contribution in [0.4, 0.5) is 5.69 Å². The van der Waals surface area contributed by atoms with Gasteiger partial charge in [0.15, 0.2) is 0 Å². The van der Waals surface area contributed by atoms with Crippen LogP contribution in [0, 0.1) is 0 Å². The molecule has 0 saturated heterocycles. The van der Waals surface area contributed by atoms with E-state index in [1.165, 1.54) is 0 Å². The molecule has 0 amide bonds. The van der Waals surface area contributed by atoms with E-state index in [4.69, 9.17) is 13.8 Å². The molecular weight excluding hydrogens is 293 g/mol. The summed E-state index contributed by atoms with van der Waals surface area (Å²) in [5.41, 5.74) is 0.538. The first-order chi connectivity index (χ1) is 10.1. The summed E-state index contributed by atoms with van der Waals surface area (Å²) in [7, 11) is -3.40. The van der Waals surface area contributed by atoms with Crippen molar-refractivity contribution in [2.45, 2.75) is 20.8 Å². The van der Waals surface area contributed by atoms with E-state index in [0.717, 1.165) is 0 Å². The highest BCUT2D eigenvalue weighted by atomic mass is 31.2. The molecule has 0 aliphatic heterocycles. The molecule has 1 aromatic carbocycles. The number of hydrogen-bond donors (Lipinski definition) is 1. The highest BCUT2D eigenvalue weighted by molar-refractivity contribution is 7.62. The summed E-state index contributed by atoms with van der Waals surface area (Å²) in [6, 6.07) is 6.91. The molecule has 0 unspecified atom stereocenters. The lowest BCUT2D eigenvalue weighted by molar-refractivity contribution is -0.140. The van der Waals surface area contributed by atoms with Crippen LogP contribution >= 0.6 is 7.60 Å². The van der Waals surface area contributed by atoms with Crippen molar-refractivity contribution in [3.05, 3.63) is 24.3 Å². The molecule has 6 nitrogen and oxygen atoms in total. The molecule has 1 N–H and O–H groups in total. The maximum atomic E-state index is 12.8. The van der Waals surface area contributed by atoms with Crippen molar-refractivity contribution >= 4 is 24.6 Å². The maximum absolute atomic E-state index is 12.8. The number of ether oxygens (including phenoxy) is 1. The van der Waals surface area contributed by atoms with Crippen LogP contribution in [0.2, 0.25) is 0 Å². The fraction of sp³-hybridized carbons (Fsp3) is 0.500. The van der Waals surface area contributed by atoms with Gasteiger partial charge in [-0.25, -0.2) is 0 Å².